The van der Waals surface area contributed by atoms with Gasteiger partial charge in [0.05, 0.1) is 16.7 Å². The number of hydrogen-bond donors (Lipinski definition) is 1. The van der Waals surface area contributed by atoms with Gasteiger partial charge in [0.15, 0.2) is 0 Å². The first-order valence-corrected chi connectivity index (χ1v) is 7.09. The van der Waals surface area contributed by atoms with Crippen molar-refractivity contribution in [3.63, 3.8) is 0 Å². The Labute approximate surface area is 113 Å². The molecule has 3 heteroatoms. The molecule has 2 rings (SSSR count). The lowest BCUT2D eigenvalue weighted by molar-refractivity contribution is 0.694. The van der Waals surface area contributed by atoms with E-state index in [1.807, 2.05) is 6.92 Å². The number of thiazole rings is 1. The van der Waals surface area contributed by atoms with Gasteiger partial charge < -0.3 is 5.73 Å². The molecule has 0 bridgehead atoms. The highest BCUT2D eigenvalue weighted by molar-refractivity contribution is 7.09. The fourth-order valence-corrected chi connectivity index (χ4v) is 3.08. The van der Waals surface area contributed by atoms with Crippen LogP contribution >= 0.6 is 11.3 Å². The predicted molar refractivity (Wildman–Crippen MR) is 78.1 cm³/mol. The second-order valence-electron chi connectivity index (χ2n) is 4.98. The van der Waals surface area contributed by atoms with Crippen molar-refractivity contribution in [3.05, 3.63) is 50.5 Å². The summed E-state index contributed by atoms with van der Waals surface area (Å²) in [4.78, 5) is 4.48. The molecular weight excluding hydrogens is 240 g/mol. The van der Waals surface area contributed by atoms with E-state index in [0.29, 0.717) is 0 Å². The lowest BCUT2D eigenvalue weighted by Crippen LogP contribution is -2.15. The van der Waals surface area contributed by atoms with Gasteiger partial charge in [-0.05, 0) is 50.8 Å². The third-order valence-corrected chi connectivity index (χ3v) is 4.07. The standard InChI is InChI=1S/C15H20N2S/c1-9-5-10(2)13(11(3)6-9)7-14(16)15-8-18-12(4)17-15/h5-6,8,14H,7,16H2,1-4H3. The largest absolute Gasteiger partial charge is 0.322 e. The van der Waals surface area contributed by atoms with E-state index < -0.39 is 0 Å². The van der Waals surface area contributed by atoms with Crippen LogP contribution in [0.25, 0.3) is 0 Å². The Kier molecular flexibility index (Phi) is 3.83. The Hall–Kier alpha value is -1.19. The van der Waals surface area contributed by atoms with Crippen LogP contribution < -0.4 is 5.73 Å². The van der Waals surface area contributed by atoms with E-state index in [1.54, 1.807) is 11.3 Å². The molecule has 2 N–H and O–H groups in total. The molecular formula is C15H20N2S. The molecule has 2 aromatic rings. The quantitative estimate of drug-likeness (QED) is 0.915. The molecule has 0 spiro atoms. The van der Waals surface area contributed by atoms with E-state index in [0.717, 1.165) is 17.1 Å². The van der Waals surface area contributed by atoms with Crippen LogP contribution in [0.3, 0.4) is 0 Å². The average molecular weight is 260 g/mol. The van der Waals surface area contributed by atoms with Crippen molar-refractivity contribution in [1.82, 2.24) is 4.98 Å². The number of aryl methyl sites for hydroxylation is 4. The first-order chi connectivity index (χ1) is 8.47. The second-order valence-corrected chi connectivity index (χ2v) is 6.04. The summed E-state index contributed by atoms with van der Waals surface area (Å²) in [6, 6.07) is 4.44. The van der Waals surface area contributed by atoms with Gasteiger partial charge in [-0.1, -0.05) is 17.7 Å². The van der Waals surface area contributed by atoms with Crippen molar-refractivity contribution in [2.45, 2.75) is 40.2 Å². The molecule has 96 valence electrons. The zero-order valence-corrected chi connectivity index (χ0v) is 12.3. The molecule has 0 amide bonds. The van der Waals surface area contributed by atoms with Crippen molar-refractivity contribution in [3.8, 4) is 0 Å². The van der Waals surface area contributed by atoms with Crippen LogP contribution in [0.15, 0.2) is 17.5 Å². The van der Waals surface area contributed by atoms with Crippen LogP contribution in [0.4, 0.5) is 0 Å². The Morgan fingerprint density at radius 1 is 1.17 bits per heavy atom. The van der Waals surface area contributed by atoms with E-state index in [2.05, 4.69) is 43.3 Å². The lowest BCUT2D eigenvalue weighted by Gasteiger charge is -2.15. The van der Waals surface area contributed by atoms with Gasteiger partial charge in [0.2, 0.25) is 0 Å². The maximum Gasteiger partial charge on any atom is 0.0898 e. The van der Waals surface area contributed by atoms with E-state index in [9.17, 15) is 0 Å². The van der Waals surface area contributed by atoms with Crippen molar-refractivity contribution in [2.75, 3.05) is 0 Å². The van der Waals surface area contributed by atoms with Gasteiger partial charge in [-0.25, -0.2) is 4.98 Å². The van der Waals surface area contributed by atoms with Gasteiger partial charge in [0.25, 0.3) is 0 Å². The summed E-state index contributed by atoms with van der Waals surface area (Å²) in [5, 5.41) is 3.15. The average Bonchev–Trinajstić information content (AvgIpc) is 2.70. The zero-order chi connectivity index (χ0) is 13.3. The van der Waals surface area contributed by atoms with Crippen molar-refractivity contribution < 1.29 is 0 Å². The van der Waals surface area contributed by atoms with Crippen LogP contribution in [0, 0.1) is 27.7 Å². The minimum absolute atomic E-state index is 0.00458. The summed E-state index contributed by atoms with van der Waals surface area (Å²) in [6.45, 7) is 8.47. The molecule has 0 aliphatic rings. The highest BCUT2D eigenvalue weighted by Crippen LogP contribution is 2.23. The molecule has 1 atom stereocenters. The molecule has 18 heavy (non-hydrogen) atoms. The summed E-state index contributed by atoms with van der Waals surface area (Å²) in [5.41, 5.74) is 12.6. The first-order valence-electron chi connectivity index (χ1n) is 6.21. The molecule has 1 aromatic heterocycles. The highest BCUT2D eigenvalue weighted by atomic mass is 32.1. The minimum atomic E-state index is -0.00458. The number of rotatable bonds is 3. The van der Waals surface area contributed by atoms with Gasteiger partial charge in [0.1, 0.15) is 0 Å². The normalized spacial score (nSPS) is 12.7. The van der Waals surface area contributed by atoms with Gasteiger partial charge in [0, 0.05) is 5.38 Å². The molecule has 0 saturated carbocycles. The zero-order valence-electron chi connectivity index (χ0n) is 11.4. The number of nitrogens with zero attached hydrogens (tertiary/aromatic N) is 1. The lowest BCUT2D eigenvalue weighted by atomic mass is 9.94. The van der Waals surface area contributed by atoms with Crippen molar-refractivity contribution in [1.29, 1.82) is 0 Å². The number of nitrogens with two attached hydrogens (primary N) is 1. The molecule has 0 fully saturated rings. The molecule has 1 unspecified atom stereocenters. The summed E-state index contributed by atoms with van der Waals surface area (Å²) in [5.74, 6) is 0. The van der Waals surface area contributed by atoms with E-state index in [1.165, 1.54) is 22.3 Å². The Morgan fingerprint density at radius 3 is 2.28 bits per heavy atom. The fraction of sp³-hybridized carbons (Fsp3) is 0.400. The molecule has 0 aliphatic heterocycles. The van der Waals surface area contributed by atoms with Crippen LogP contribution in [-0.4, -0.2) is 4.98 Å². The Bertz CT molecular complexity index is 534. The SMILES string of the molecule is Cc1cc(C)c(CC(N)c2csc(C)n2)c(C)c1. The molecule has 0 saturated heterocycles. The number of aromatic nitrogens is 1. The van der Waals surface area contributed by atoms with E-state index in [-0.39, 0.29) is 6.04 Å². The molecule has 1 heterocycles. The second kappa shape index (κ2) is 5.21. The van der Waals surface area contributed by atoms with Crippen LogP contribution in [0.5, 0.6) is 0 Å². The molecule has 1 aromatic carbocycles. The highest BCUT2D eigenvalue weighted by Gasteiger charge is 2.13. The summed E-state index contributed by atoms with van der Waals surface area (Å²) in [7, 11) is 0. The van der Waals surface area contributed by atoms with Crippen LogP contribution in [-0.2, 0) is 6.42 Å². The monoisotopic (exact) mass is 260 g/mol. The third-order valence-electron chi connectivity index (χ3n) is 3.28. The van der Waals surface area contributed by atoms with Crippen molar-refractivity contribution in [2.24, 2.45) is 5.73 Å². The van der Waals surface area contributed by atoms with Crippen molar-refractivity contribution >= 4 is 11.3 Å². The maximum atomic E-state index is 6.26. The Morgan fingerprint density at radius 2 is 1.78 bits per heavy atom. The number of hydrogen-bond acceptors (Lipinski definition) is 3. The van der Waals surface area contributed by atoms with E-state index in [4.69, 9.17) is 5.73 Å². The Balaban J connectivity index is 2.24. The van der Waals surface area contributed by atoms with Gasteiger partial charge in [-0.3, -0.25) is 0 Å². The molecule has 0 radical (unpaired) electrons. The maximum absolute atomic E-state index is 6.26. The number of benzene rings is 1. The van der Waals surface area contributed by atoms with E-state index >= 15 is 0 Å². The smallest absolute Gasteiger partial charge is 0.0898 e. The predicted octanol–water partition coefficient (Wildman–Crippen LogP) is 3.62. The topological polar surface area (TPSA) is 38.9 Å². The summed E-state index contributed by atoms with van der Waals surface area (Å²) < 4.78 is 0. The molecule has 2 nitrogen and oxygen atoms in total. The summed E-state index contributed by atoms with van der Waals surface area (Å²) >= 11 is 1.66. The molecule has 0 aliphatic carbocycles. The third kappa shape index (κ3) is 2.79. The van der Waals surface area contributed by atoms with Gasteiger partial charge >= 0.3 is 0 Å². The van der Waals surface area contributed by atoms with Crippen LogP contribution in [0.1, 0.15) is 39.0 Å². The first kappa shape index (κ1) is 13.2. The van der Waals surface area contributed by atoms with Gasteiger partial charge in [-0.15, -0.1) is 11.3 Å². The van der Waals surface area contributed by atoms with Gasteiger partial charge in [-0.2, -0.15) is 0 Å². The fourth-order valence-electron chi connectivity index (χ4n) is 2.41. The minimum Gasteiger partial charge on any atom is -0.322 e. The van der Waals surface area contributed by atoms with Crippen LogP contribution in [0.2, 0.25) is 0 Å². The summed E-state index contributed by atoms with van der Waals surface area (Å²) in [6.07, 6.45) is 0.862.